The average molecular weight is 823 g/mol. The monoisotopic (exact) mass is 823 g/mol. The highest BCUT2D eigenvalue weighted by Gasteiger charge is 2.19. The van der Waals surface area contributed by atoms with Gasteiger partial charge in [0.2, 0.25) is 0 Å². The normalized spacial score (nSPS) is 12.7. The number of hydrogen-bond donors (Lipinski definition) is 0. The van der Waals surface area contributed by atoms with Crippen molar-refractivity contribution in [2.45, 2.75) is 232 Å². The minimum Gasteiger partial charge on any atom is -0.462 e. The summed E-state index contributed by atoms with van der Waals surface area (Å²) < 4.78 is 16.7. The summed E-state index contributed by atoms with van der Waals surface area (Å²) in [7, 11) is 0. The van der Waals surface area contributed by atoms with E-state index in [1.807, 2.05) is 6.08 Å². The van der Waals surface area contributed by atoms with Crippen LogP contribution in [0.1, 0.15) is 226 Å². The first kappa shape index (κ1) is 55.9. The van der Waals surface area contributed by atoms with Gasteiger partial charge in [0.25, 0.3) is 0 Å². The van der Waals surface area contributed by atoms with E-state index in [0.717, 1.165) is 77.0 Å². The molecule has 0 fully saturated rings. The molecule has 0 N–H and O–H groups in total. The summed E-state index contributed by atoms with van der Waals surface area (Å²) in [5, 5.41) is 0. The van der Waals surface area contributed by atoms with Gasteiger partial charge in [-0.25, -0.2) is 0 Å². The van der Waals surface area contributed by atoms with Crippen LogP contribution in [0.2, 0.25) is 0 Å². The van der Waals surface area contributed by atoms with Gasteiger partial charge in [-0.3, -0.25) is 14.4 Å². The molecule has 0 spiro atoms. The van der Waals surface area contributed by atoms with Crippen LogP contribution in [0.5, 0.6) is 0 Å². The van der Waals surface area contributed by atoms with Crippen LogP contribution in [0.15, 0.2) is 72.9 Å². The van der Waals surface area contributed by atoms with Crippen molar-refractivity contribution in [2.75, 3.05) is 13.2 Å². The molecule has 0 saturated carbocycles. The molecule has 1 atom stereocenters. The fraction of sp³-hybridized carbons (Fsp3) is 0.717. The number of allylic oxidation sites excluding steroid dienone is 12. The van der Waals surface area contributed by atoms with Crippen molar-refractivity contribution in [2.24, 2.45) is 0 Å². The van der Waals surface area contributed by atoms with Gasteiger partial charge in [0.05, 0.1) is 0 Å². The van der Waals surface area contributed by atoms with E-state index in [1.54, 1.807) is 0 Å². The number of esters is 3. The highest BCUT2D eigenvalue weighted by Crippen LogP contribution is 2.14. The zero-order valence-corrected chi connectivity index (χ0v) is 38.5. The lowest BCUT2D eigenvalue weighted by Crippen LogP contribution is -2.30. The molecule has 0 aromatic rings. The molecule has 1 unspecified atom stereocenters. The Morgan fingerprint density at radius 1 is 0.356 bits per heavy atom. The molecule has 338 valence electrons. The van der Waals surface area contributed by atoms with Gasteiger partial charge in [0.1, 0.15) is 13.2 Å². The lowest BCUT2D eigenvalue weighted by molar-refractivity contribution is -0.166. The third-order valence-corrected chi connectivity index (χ3v) is 10.2. The molecule has 0 saturated heterocycles. The molecule has 0 bridgehead atoms. The fourth-order valence-electron chi connectivity index (χ4n) is 6.58. The van der Waals surface area contributed by atoms with Crippen molar-refractivity contribution in [1.82, 2.24) is 0 Å². The molecular formula is C53H90O6. The molecule has 0 aromatic heterocycles. The highest BCUT2D eigenvalue weighted by atomic mass is 16.6. The first-order valence-corrected chi connectivity index (χ1v) is 24.4. The molecule has 0 heterocycles. The Hall–Kier alpha value is -3.15. The second-order valence-electron chi connectivity index (χ2n) is 16.0. The molecule has 0 aliphatic carbocycles. The number of ether oxygens (including phenoxy) is 3. The number of carbonyl (C=O) groups is 3. The zero-order chi connectivity index (χ0) is 43.0. The molecule has 0 aromatic carbocycles. The summed E-state index contributed by atoms with van der Waals surface area (Å²) in [6, 6.07) is 0. The van der Waals surface area contributed by atoms with E-state index < -0.39 is 6.10 Å². The van der Waals surface area contributed by atoms with E-state index in [1.165, 1.54) is 103 Å². The molecule has 6 nitrogen and oxygen atoms in total. The molecule has 0 radical (unpaired) electrons. The van der Waals surface area contributed by atoms with E-state index >= 15 is 0 Å². The Bertz CT molecular complexity index is 1130. The quantitative estimate of drug-likeness (QED) is 0.0264. The van der Waals surface area contributed by atoms with Gasteiger partial charge >= 0.3 is 17.9 Å². The van der Waals surface area contributed by atoms with Gasteiger partial charge in [-0.2, -0.15) is 0 Å². The predicted octanol–water partition coefficient (Wildman–Crippen LogP) is 15.9. The van der Waals surface area contributed by atoms with Gasteiger partial charge in [-0.15, -0.1) is 0 Å². The van der Waals surface area contributed by atoms with E-state index in [-0.39, 0.29) is 37.5 Å². The Morgan fingerprint density at radius 2 is 0.661 bits per heavy atom. The van der Waals surface area contributed by atoms with Crippen LogP contribution < -0.4 is 0 Å². The Kier molecular flexibility index (Phi) is 45.0. The maximum atomic E-state index is 12.7. The van der Waals surface area contributed by atoms with E-state index in [9.17, 15) is 14.4 Å². The number of carbonyl (C=O) groups excluding carboxylic acids is 3. The molecule has 0 aliphatic heterocycles. The number of hydrogen-bond acceptors (Lipinski definition) is 6. The molecule has 6 heteroatoms. The topological polar surface area (TPSA) is 78.9 Å². The Morgan fingerprint density at radius 3 is 1.03 bits per heavy atom. The predicted molar refractivity (Wildman–Crippen MR) is 251 cm³/mol. The van der Waals surface area contributed by atoms with Crippen LogP contribution in [-0.4, -0.2) is 37.2 Å². The Balaban J connectivity index is 4.45. The van der Waals surface area contributed by atoms with Gasteiger partial charge in [-0.1, -0.05) is 222 Å². The lowest BCUT2D eigenvalue weighted by Gasteiger charge is -2.18. The van der Waals surface area contributed by atoms with Crippen LogP contribution in [0.25, 0.3) is 0 Å². The second-order valence-corrected chi connectivity index (χ2v) is 16.0. The second kappa shape index (κ2) is 47.5. The minimum absolute atomic E-state index is 0.0962. The summed E-state index contributed by atoms with van der Waals surface area (Å²) >= 11 is 0. The highest BCUT2D eigenvalue weighted by molar-refractivity contribution is 5.71. The van der Waals surface area contributed by atoms with Crippen LogP contribution in [0.4, 0.5) is 0 Å². The third-order valence-electron chi connectivity index (χ3n) is 10.2. The third kappa shape index (κ3) is 45.8. The van der Waals surface area contributed by atoms with Gasteiger partial charge < -0.3 is 14.2 Å². The van der Waals surface area contributed by atoms with Crippen LogP contribution in [0, 0.1) is 0 Å². The fourth-order valence-corrected chi connectivity index (χ4v) is 6.58. The molecule has 59 heavy (non-hydrogen) atoms. The largest absolute Gasteiger partial charge is 0.462 e. The summed E-state index contributed by atoms with van der Waals surface area (Å²) in [4.78, 5) is 37.8. The summed E-state index contributed by atoms with van der Waals surface area (Å²) in [6.45, 7) is 6.43. The lowest BCUT2D eigenvalue weighted by atomic mass is 10.0. The van der Waals surface area contributed by atoms with Crippen molar-refractivity contribution in [1.29, 1.82) is 0 Å². The van der Waals surface area contributed by atoms with Crippen molar-refractivity contribution in [3.05, 3.63) is 72.9 Å². The van der Waals surface area contributed by atoms with Gasteiger partial charge in [0.15, 0.2) is 6.10 Å². The molecule has 0 rings (SSSR count). The molecular weight excluding hydrogens is 733 g/mol. The van der Waals surface area contributed by atoms with Crippen molar-refractivity contribution < 1.29 is 28.6 Å². The van der Waals surface area contributed by atoms with Crippen LogP contribution >= 0.6 is 0 Å². The molecule has 0 aliphatic rings. The van der Waals surface area contributed by atoms with Crippen LogP contribution in [-0.2, 0) is 28.6 Å². The summed E-state index contributed by atoms with van der Waals surface area (Å²) in [6.07, 6.45) is 59.0. The van der Waals surface area contributed by atoms with Crippen molar-refractivity contribution in [3.63, 3.8) is 0 Å². The Labute approximate surface area is 363 Å². The summed E-state index contributed by atoms with van der Waals surface area (Å²) in [5.74, 6) is -0.986. The van der Waals surface area contributed by atoms with Gasteiger partial charge in [-0.05, 0) is 57.8 Å². The minimum atomic E-state index is -0.800. The average Bonchev–Trinajstić information content (AvgIpc) is 3.23. The first-order chi connectivity index (χ1) is 29.0. The van der Waals surface area contributed by atoms with Crippen LogP contribution in [0.3, 0.4) is 0 Å². The number of unbranched alkanes of at least 4 members (excludes halogenated alkanes) is 20. The van der Waals surface area contributed by atoms with E-state index in [2.05, 4.69) is 87.6 Å². The smallest absolute Gasteiger partial charge is 0.306 e. The van der Waals surface area contributed by atoms with Gasteiger partial charge in [0, 0.05) is 19.3 Å². The maximum absolute atomic E-state index is 12.7. The van der Waals surface area contributed by atoms with Crippen molar-refractivity contribution >= 4 is 17.9 Å². The summed E-state index contributed by atoms with van der Waals surface area (Å²) in [5.41, 5.74) is 0. The number of rotatable bonds is 43. The van der Waals surface area contributed by atoms with E-state index in [0.29, 0.717) is 19.3 Å². The molecule has 0 amide bonds. The van der Waals surface area contributed by atoms with Crippen molar-refractivity contribution in [3.8, 4) is 0 Å². The van der Waals surface area contributed by atoms with E-state index in [4.69, 9.17) is 14.2 Å². The first-order valence-electron chi connectivity index (χ1n) is 24.4. The zero-order valence-electron chi connectivity index (χ0n) is 38.5. The standard InChI is InChI=1S/C53H90O6/c1-4-7-10-13-16-19-21-23-24-25-26-27-28-30-31-34-37-40-43-46-52(55)58-49-50(48-57-51(54)45-42-39-36-33-18-15-12-9-6-3)59-53(56)47-44-41-38-35-32-29-22-20-17-14-11-8-5-2/h7,10,16,19,23-24,26-27,30-31,37,40,50H,4-6,8-9,11-15,17-18,20-22,25,28-29,32-36,38-39,41-49H2,1-3H3/b10-7-,19-16-,24-23-,27-26-,31-30-,40-37-. The SMILES string of the molecule is CC/C=C\C/C=C\C/C=C\C/C=C\C/C=C\C/C=C\CCC(=O)OCC(COC(=O)CCCCCCCCCCC)OC(=O)CCCCCCCCCCCCCCC. The maximum Gasteiger partial charge on any atom is 0.306 e.